The molecular formula is C13H13BrOSe. The van der Waals surface area contributed by atoms with Crippen molar-refractivity contribution in [3.8, 4) is 5.75 Å². The van der Waals surface area contributed by atoms with Crippen LogP contribution in [-0.2, 0) is 0 Å². The maximum absolute atomic E-state index is 4.91. The summed E-state index contributed by atoms with van der Waals surface area (Å²) >= 11 is 4.35. The van der Waals surface area contributed by atoms with Gasteiger partial charge in [0.2, 0.25) is 0 Å². The van der Waals surface area contributed by atoms with E-state index < -0.39 is 0 Å². The van der Waals surface area contributed by atoms with Crippen LogP contribution in [0.2, 0.25) is 9.63 Å². The number of fused-ring (bicyclic) bond motifs is 1. The van der Waals surface area contributed by atoms with E-state index in [1.807, 2.05) is 30.3 Å². The number of ether oxygens (including phenoxy) is 1. The maximum atomic E-state index is 4.91. The average Bonchev–Trinajstić information content (AvgIpc) is 3.09. The van der Waals surface area contributed by atoms with Crippen molar-refractivity contribution >= 4 is 30.9 Å². The Balaban J connectivity index is 0.000000120. The molecule has 0 saturated carbocycles. The van der Waals surface area contributed by atoms with Crippen LogP contribution < -0.4 is 4.74 Å². The fourth-order valence-corrected chi connectivity index (χ4v) is 3.97. The van der Waals surface area contributed by atoms with E-state index in [0.717, 1.165) is 30.3 Å². The Kier molecular flexibility index (Phi) is 4.28. The van der Waals surface area contributed by atoms with Crippen molar-refractivity contribution in [2.45, 2.75) is 9.63 Å². The van der Waals surface area contributed by atoms with E-state index in [9.17, 15) is 0 Å². The summed E-state index contributed by atoms with van der Waals surface area (Å²) < 4.78 is 6.19. The van der Waals surface area contributed by atoms with Crippen molar-refractivity contribution < 1.29 is 4.74 Å². The predicted octanol–water partition coefficient (Wildman–Crippen LogP) is 3.83. The molecule has 1 fully saturated rings. The smallest absolute Gasteiger partial charge is 0.118 e. The molecule has 0 aromatic heterocycles. The van der Waals surface area contributed by atoms with Gasteiger partial charge in [0.05, 0.1) is 7.11 Å². The standard InChI is InChI=1S/C7H8O.C6H5BrSe/c1-8-7-5-3-2-4-6-7;7-4-1-2-5-6(3-4)8-5/h2-6H,1H3;1-3,5-6H. The van der Waals surface area contributed by atoms with E-state index in [1.165, 1.54) is 4.48 Å². The first-order valence-corrected chi connectivity index (χ1v) is 7.87. The van der Waals surface area contributed by atoms with Gasteiger partial charge in [-0.2, -0.15) is 0 Å². The number of allylic oxidation sites excluding steroid dienone is 4. The first-order chi connectivity index (χ1) is 7.79. The summed E-state index contributed by atoms with van der Waals surface area (Å²) in [6.45, 7) is 0. The number of methoxy groups -OCH3 is 1. The second kappa shape index (κ2) is 5.72. The molecule has 0 radical (unpaired) electrons. The van der Waals surface area contributed by atoms with Gasteiger partial charge in [0.1, 0.15) is 5.75 Å². The van der Waals surface area contributed by atoms with E-state index in [-0.39, 0.29) is 0 Å². The summed E-state index contributed by atoms with van der Waals surface area (Å²) in [6, 6.07) is 9.68. The summed E-state index contributed by atoms with van der Waals surface area (Å²) in [5, 5.41) is 0. The molecule has 1 nitrogen and oxygen atoms in total. The molecular weight excluding hydrogens is 331 g/mol. The zero-order chi connectivity index (χ0) is 11.4. The molecule has 1 aromatic rings. The van der Waals surface area contributed by atoms with Gasteiger partial charge in [-0.1, -0.05) is 18.2 Å². The van der Waals surface area contributed by atoms with E-state index in [1.54, 1.807) is 7.11 Å². The Bertz CT molecular complexity index is 400. The summed E-state index contributed by atoms with van der Waals surface area (Å²) in [6.07, 6.45) is 6.80. The molecule has 1 aliphatic heterocycles. The van der Waals surface area contributed by atoms with Crippen LogP contribution >= 0.6 is 15.9 Å². The molecule has 2 unspecified atom stereocenters. The van der Waals surface area contributed by atoms with Gasteiger partial charge in [-0.05, 0) is 12.1 Å². The Morgan fingerprint density at radius 2 is 1.94 bits per heavy atom. The number of para-hydroxylation sites is 1. The number of hydrogen-bond acceptors (Lipinski definition) is 1. The normalized spacial score (nSPS) is 24.8. The van der Waals surface area contributed by atoms with Gasteiger partial charge < -0.3 is 4.74 Å². The van der Waals surface area contributed by atoms with E-state index in [0.29, 0.717) is 0 Å². The molecule has 1 aromatic carbocycles. The summed E-state index contributed by atoms with van der Waals surface area (Å²) in [5.74, 6) is 0.910. The first kappa shape index (κ1) is 12.0. The van der Waals surface area contributed by atoms with Gasteiger partial charge in [0.15, 0.2) is 0 Å². The third-order valence-electron chi connectivity index (χ3n) is 2.31. The number of hydrogen-bond donors (Lipinski definition) is 0. The minimum Gasteiger partial charge on any atom is -0.497 e. The summed E-state index contributed by atoms with van der Waals surface area (Å²) in [7, 11) is 1.66. The SMILES string of the molecule is BrC1=CC2[Se]C2C=C1.COc1ccccc1. The minimum absolute atomic E-state index is 0.909. The van der Waals surface area contributed by atoms with Gasteiger partial charge in [-0.3, -0.25) is 0 Å². The van der Waals surface area contributed by atoms with Crippen LogP contribution in [0.15, 0.2) is 53.0 Å². The van der Waals surface area contributed by atoms with Crippen LogP contribution in [0.25, 0.3) is 0 Å². The van der Waals surface area contributed by atoms with Crippen LogP contribution in [0, 0.1) is 0 Å². The molecule has 1 saturated heterocycles. The number of benzene rings is 1. The van der Waals surface area contributed by atoms with E-state index in [2.05, 4.69) is 34.2 Å². The minimum atomic E-state index is 0.909. The zero-order valence-electron chi connectivity index (χ0n) is 8.97. The molecule has 2 aliphatic rings. The Morgan fingerprint density at radius 1 is 1.19 bits per heavy atom. The van der Waals surface area contributed by atoms with Crippen LogP contribution in [0.4, 0.5) is 0 Å². The van der Waals surface area contributed by atoms with Crippen molar-refractivity contribution in [1.82, 2.24) is 0 Å². The van der Waals surface area contributed by atoms with Gasteiger partial charge in [-0.15, -0.1) is 0 Å². The second-order valence-corrected chi connectivity index (χ2v) is 7.26. The number of halogens is 1. The first-order valence-electron chi connectivity index (χ1n) is 5.09. The van der Waals surface area contributed by atoms with Crippen LogP contribution in [0.5, 0.6) is 5.75 Å². The van der Waals surface area contributed by atoms with Crippen molar-refractivity contribution in [1.29, 1.82) is 0 Å². The van der Waals surface area contributed by atoms with Crippen LogP contribution in [-0.4, -0.2) is 22.1 Å². The van der Waals surface area contributed by atoms with Crippen molar-refractivity contribution in [3.05, 3.63) is 53.0 Å². The number of rotatable bonds is 1. The van der Waals surface area contributed by atoms with Crippen molar-refractivity contribution in [2.24, 2.45) is 0 Å². The van der Waals surface area contributed by atoms with Crippen molar-refractivity contribution in [3.63, 3.8) is 0 Å². The third kappa shape index (κ3) is 3.51. The third-order valence-corrected chi connectivity index (χ3v) is 5.34. The zero-order valence-corrected chi connectivity index (χ0v) is 12.3. The summed E-state index contributed by atoms with van der Waals surface area (Å²) in [5.41, 5.74) is 0. The average molecular weight is 344 g/mol. The molecule has 84 valence electrons. The maximum Gasteiger partial charge on any atom is 0.118 e. The van der Waals surface area contributed by atoms with Gasteiger partial charge in [0.25, 0.3) is 0 Å². The molecule has 2 atom stereocenters. The van der Waals surface area contributed by atoms with Gasteiger partial charge in [-0.25, -0.2) is 0 Å². The van der Waals surface area contributed by atoms with Crippen LogP contribution in [0.1, 0.15) is 0 Å². The second-order valence-electron chi connectivity index (χ2n) is 3.49. The quantitative estimate of drug-likeness (QED) is 0.704. The Labute approximate surface area is 111 Å². The van der Waals surface area contributed by atoms with Gasteiger partial charge >= 0.3 is 63.2 Å². The molecule has 0 N–H and O–H groups in total. The molecule has 3 rings (SSSR count). The molecule has 0 amide bonds. The monoisotopic (exact) mass is 344 g/mol. The fraction of sp³-hybridized carbons (Fsp3) is 0.231. The Hall–Kier alpha value is -0.501. The Morgan fingerprint density at radius 3 is 2.44 bits per heavy atom. The van der Waals surface area contributed by atoms with Crippen LogP contribution in [0.3, 0.4) is 0 Å². The molecule has 16 heavy (non-hydrogen) atoms. The largest absolute Gasteiger partial charge is 0.497 e. The molecule has 1 heterocycles. The predicted molar refractivity (Wildman–Crippen MR) is 72.4 cm³/mol. The molecule has 0 spiro atoms. The molecule has 1 aliphatic carbocycles. The topological polar surface area (TPSA) is 9.23 Å². The van der Waals surface area contributed by atoms with Crippen molar-refractivity contribution in [2.75, 3.05) is 7.11 Å². The van der Waals surface area contributed by atoms with E-state index >= 15 is 0 Å². The fourth-order valence-electron chi connectivity index (χ4n) is 1.38. The summed E-state index contributed by atoms with van der Waals surface area (Å²) in [4.78, 5) is 1.91. The molecule has 0 bridgehead atoms. The molecule has 3 heteroatoms. The van der Waals surface area contributed by atoms with Gasteiger partial charge in [0, 0.05) is 0 Å². The van der Waals surface area contributed by atoms with E-state index in [4.69, 9.17) is 4.74 Å².